The quantitative estimate of drug-likeness (QED) is 0.532. The normalized spacial score (nSPS) is 12.2. The molecule has 33 heavy (non-hydrogen) atoms. The summed E-state index contributed by atoms with van der Waals surface area (Å²) in [4.78, 5) is 29.4. The second kappa shape index (κ2) is 10.9. The molecule has 0 bridgehead atoms. The van der Waals surface area contributed by atoms with Crippen molar-refractivity contribution in [2.75, 3.05) is 14.2 Å². The van der Waals surface area contributed by atoms with Gasteiger partial charge in [-0.05, 0) is 54.8 Å². The second-order valence-electron chi connectivity index (χ2n) is 7.57. The summed E-state index contributed by atoms with van der Waals surface area (Å²) in [6.07, 6.45) is 2.05. The molecule has 1 amide bonds. The molecule has 0 spiro atoms. The van der Waals surface area contributed by atoms with Crippen molar-refractivity contribution in [2.45, 2.75) is 19.4 Å². The summed E-state index contributed by atoms with van der Waals surface area (Å²) < 4.78 is 10.0. The molecule has 0 saturated carbocycles. The molecular formula is C26H25N3O4. The van der Waals surface area contributed by atoms with E-state index in [1.54, 1.807) is 56.6 Å². The molecule has 7 nitrogen and oxygen atoms in total. The lowest BCUT2D eigenvalue weighted by Crippen LogP contribution is -2.42. The molecule has 1 aromatic heterocycles. The number of hydrogen-bond donors (Lipinski definition) is 1. The Morgan fingerprint density at radius 3 is 2.39 bits per heavy atom. The van der Waals surface area contributed by atoms with Crippen LogP contribution in [0.4, 0.5) is 0 Å². The standard InChI is InChI=1S/C26H25N3O4/c1-17(23(26(31)33-3)14-18-5-4-6-19(13-18)15-27)29-25(30)21-9-7-20(8-10-21)22-11-12-24(32-2)28-16-22/h4-13,16-17,23H,14H2,1-3H3,(H,29,30). The average molecular weight is 444 g/mol. The van der Waals surface area contributed by atoms with Crippen molar-refractivity contribution in [2.24, 2.45) is 5.92 Å². The van der Waals surface area contributed by atoms with Crippen LogP contribution in [0.15, 0.2) is 66.9 Å². The third kappa shape index (κ3) is 5.95. The smallest absolute Gasteiger partial charge is 0.311 e. The fraction of sp³-hybridized carbons (Fsp3) is 0.231. The summed E-state index contributed by atoms with van der Waals surface area (Å²) in [6, 6.07) is 19.5. The highest BCUT2D eigenvalue weighted by molar-refractivity contribution is 5.95. The van der Waals surface area contributed by atoms with Crippen LogP contribution in [0.25, 0.3) is 11.1 Å². The highest BCUT2D eigenvalue weighted by atomic mass is 16.5. The van der Waals surface area contributed by atoms with Crippen molar-refractivity contribution in [3.05, 3.63) is 83.6 Å². The van der Waals surface area contributed by atoms with Gasteiger partial charge in [-0.15, -0.1) is 0 Å². The molecule has 1 N–H and O–H groups in total. The summed E-state index contributed by atoms with van der Waals surface area (Å²) in [6.45, 7) is 1.77. The van der Waals surface area contributed by atoms with Gasteiger partial charge in [0.2, 0.25) is 5.88 Å². The molecule has 2 aromatic carbocycles. The van der Waals surface area contributed by atoms with Crippen LogP contribution in [0.5, 0.6) is 5.88 Å². The van der Waals surface area contributed by atoms with E-state index in [0.717, 1.165) is 16.7 Å². The second-order valence-corrected chi connectivity index (χ2v) is 7.57. The number of nitrogens with zero attached hydrogens (tertiary/aromatic N) is 2. The predicted octanol–water partition coefficient (Wildman–Crippen LogP) is 3.78. The summed E-state index contributed by atoms with van der Waals surface area (Å²) >= 11 is 0. The lowest BCUT2D eigenvalue weighted by atomic mass is 9.92. The molecular weight excluding hydrogens is 418 g/mol. The molecule has 7 heteroatoms. The molecule has 3 aromatic rings. The number of carbonyl (C=O) groups is 2. The van der Waals surface area contributed by atoms with Gasteiger partial charge in [-0.25, -0.2) is 4.98 Å². The van der Waals surface area contributed by atoms with Crippen LogP contribution in [0.1, 0.15) is 28.4 Å². The molecule has 2 atom stereocenters. The van der Waals surface area contributed by atoms with Gasteiger partial charge in [0.25, 0.3) is 5.91 Å². The zero-order valence-corrected chi connectivity index (χ0v) is 18.7. The number of esters is 1. The van der Waals surface area contributed by atoms with Gasteiger partial charge in [0.1, 0.15) is 0 Å². The monoisotopic (exact) mass is 443 g/mol. The van der Waals surface area contributed by atoms with Crippen molar-refractivity contribution in [1.82, 2.24) is 10.3 Å². The maximum absolute atomic E-state index is 12.8. The Balaban J connectivity index is 1.70. The molecule has 0 fully saturated rings. The van der Waals surface area contributed by atoms with Gasteiger partial charge in [-0.3, -0.25) is 9.59 Å². The largest absolute Gasteiger partial charge is 0.481 e. The van der Waals surface area contributed by atoms with Crippen LogP contribution in [0, 0.1) is 17.2 Å². The Morgan fingerprint density at radius 1 is 1.06 bits per heavy atom. The Morgan fingerprint density at radius 2 is 1.79 bits per heavy atom. The zero-order chi connectivity index (χ0) is 23.8. The van der Waals surface area contributed by atoms with Crippen LogP contribution in [-0.4, -0.2) is 37.1 Å². The Hall–Kier alpha value is -4.18. The number of benzene rings is 2. The van der Waals surface area contributed by atoms with E-state index in [2.05, 4.69) is 16.4 Å². The molecule has 0 aliphatic rings. The van der Waals surface area contributed by atoms with E-state index >= 15 is 0 Å². The number of carbonyl (C=O) groups excluding carboxylic acids is 2. The van der Waals surface area contributed by atoms with Crippen LogP contribution >= 0.6 is 0 Å². The summed E-state index contributed by atoms with van der Waals surface area (Å²) in [5.41, 5.74) is 3.63. The number of nitrogens with one attached hydrogen (secondary N) is 1. The van der Waals surface area contributed by atoms with Crippen LogP contribution in [0.3, 0.4) is 0 Å². The first-order valence-corrected chi connectivity index (χ1v) is 10.4. The van der Waals surface area contributed by atoms with Gasteiger partial charge in [0.15, 0.2) is 0 Å². The molecule has 1 heterocycles. The van der Waals surface area contributed by atoms with Crippen molar-refractivity contribution in [1.29, 1.82) is 5.26 Å². The van der Waals surface area contributed by atoms with E-state index < -0.39 is 17.9 Å². The molecule has 168 valence electrons. The maximum Gasteiger partial charge on any atom is 0.311 e. The van der Waals surface area contributed by atoms with Crippen molar-refractivity contribution in [3.63, 3.8) is 0 Å². The number of amides is 1. The van der Waals surface area contributed by atoms with Gasteiger partial charge >= 0.3 is 5.97 Å². The molecule has 2 unspecified atom stereocenters. The van der Waals surface area contributed by atoms with Crippen LogP contribution in [-0.2, 0) is 16.0 Å². The summed E-state index contributed by atoms with van der Waals surface area (Å²) in [7, 11) is 2.88. The van der Waals surface area contributed by atoms with Gasteiger partial charge in [-0.2, -0.15) is 5.26 Å². The fourth-order valence-electron chi connectivity index (χ4n) is 3.51. The first kappa shape index (κ1) is 23.5. The Kier molecular flexibility index (Phi) is 7.77. The highest BCUT2D eigenvalue weighted by Gasteiger charge is 2.28. The van der Waals surface area contributed by atoms with E-state index in [1.807, 2.05) is 24.3 Å². The van der Waals surface area contributed by atoms with Gasteiger partial charge in [0, 0.05) is 29.4 Å². The Bertz CT molecular complexity index is 1150. The third-order valence-corrected chi connectivity index (χ3v) is 5.40. The SMILES string of the molecule is COC(=O)C(Cc1cccc(C#N)c1)C(C)NC(=O)c1ccc(-c2ccc(OC)nc2)cc1. The molecule has 0 aliphatic heterocycles. The molecule has 0 saturated heterocycles. The lowest BCUT2D eigenvalue weighted by Gasteiger charge is -2.23. The number of hydrogen-bond acceptors (Lipinski definition) is 6. The van der Waals surface area contributed by atoms with Crippen molar-refractivity contribution >= 4 is 11.9 Å². The van der Waals surface area contributed by atoms with Crippen molar-refractivity contribution < 1.29 is 19.1 Å². The number of nitriles is 1. The number of rotatable bonds is 8. The zero-order valence-electron chi connectivity index (χ0n) is 18.7. The lowest BCUT2D eigenvalue weighted by molar-refractivity contribution is -0.146. The van der Waals surface area contributed by atoms with Crippen LogP contribution < -0.4 is 10.1 Å². The molecule has 0 aliphatic carbocycles. The first-order valence-electron chi connectivity index (χ1n) is 10.4. The van der Waals surface area contributed by atoms with Gasteiger partial charge < -0.3 is 14.8 Å². The van der Waals surface area contributed by atoms with Gasteiger partial charge in [-0.1, -0.05) is 24.3 Å². The minimum absolute atomic E-state index is 0.290. The number of aromatic nitrogens is 1. The van der Waals surface area contributed by atoms with E-state index in [-0.39, 0.29) is 5.91 Å². The molecule has 0 radical (unpaired) electrons. The fourth-order valence-corrected chi connectivity index (χ4v) is 3.51. The minimum Gasteiger partial charge on any atom is -0.481 e. The topological polar surface area (TPSA) is 101 Å². The number of methoxy groups -OCH3 is 2. The minimum atomic E-state index is -0.600. The van der Waals surface area contributed by atoms with Gasteiger partial charge in [0.05, 0.1) is 31.8 Å². The molecule has 3 rings (SSSR count). The average Bonchev–Trinajstić information content (AvgIpc) is 2.87. The third-order valence-electron chi connectivity index (χ3n) is 5.40. The van der Waals surface area contributed by atoms with E-state index in [0.29, 0.717) is 23.4 Å². The van der Waals surface area contributed by atoms with E-state index in [4.69, 9.17) is 14.7 Å². The summed E-state index contributed by atoms with van der Waals surface area (Å²) in [5, 5.41) is 12.0. The summed E-state index contributed by atoms with van der Waals surface area (Å²) in [5.74, 6) is -0.783. The first-order chi connectivity index (χ1) is 15.9. The highest BCUT2D eigenvalue weighted by Crippen LogP contribution is 2.21. The number of pyridine rings is 1. The number of ether oxygens (including phenoxy) is 2. The van der Waals surface area contributed by atoms with E-state index in [1.165, 1.54) is 7.11 Å². The van der Waals surface area contributed by atoms with Crippen molar-refractivity contribution in [3.8, 4) is 23.1 Å². The van der Waals surface area contributed by atoms with Crippen LogP contribution in [0.2, 0.25) is 0 Å². The van der Waals surface area contributed by atoms with E-state index in [9.17, 15) is 9.59 Å². The Labute approximate surface area is 193 Å². The maximum atomic E-state index is 12.8. The predicted molar refractivity (Wildman–Crippen MR) is 124 cm³/mol.